The van der Waals surface area contributed by atoms with E-state index in [1.807, 2.05) is 6.07 Å². The number of hydrogen-bond donors (Lipinski definition) is 1. The second-order valence-corrected chi connectivity index (χ2v) is 5.55. The molecule has 0 aliphatic rings. The van der Waals surface area contributed by atoms with Gasteiger partial charge in [-0.2, -0.15) is 0 Å². The van der Waals surface area contributed by atoms with Gasteiger partial charge in [0.25, 0.3) is 0 Å². The quantitative estimate of drug-likeness (QED) is 0.538. The van der Waals surface area contributed by atoms with Gasteiger partial charge in [0, 0.05) is 5.56 Å². The maximum Gasteiger partial charge on any atom is 0.138 e. The van der Waals surface area contributed by atoms with Gasteiger partial charge in [-0.3, -0.25) is 0 Å². The van der Waals surface area contributed by atoms with E-state index in [4.69, 9.17) is 0 Å². The fourth-order valence-corrected chi connectivity index (χ4v) is 2.71. The molecule has 0 aliphatic heterocycles. The SMILES string of the molecule is Cc1ccc2nc(-c3ccc(-c4ccccc4)cc3)[nH]c2c1. The minimum absolute atomic E-state index is 0.917. The number of nitrogens with one attached hydrogen (secondary N) is 1. The molecule has 3 aromatic carbocycles. The number of imidazole rings is 1. The summed E-state index contributed by atoms with van der Waals surface area (Å²) in [6.07, 6.45) is 0. The van der Waals surface area contributed by atoms with Gasteiger partial charge >= 0.3 is 0 Å². The molecular formula is C20H16N2. The predicted molar refractivity (Wildman–Crippen MR) is 91.7 cm³/mol. The summed E-state index contributed by atoms with van der Waals surface area (Å²) in [5.74, 6) is 0.917. The third-order valence-electron chi connectivity index (χ3n) is 3.90. The Kier molecular flexibility index (Phi) is 3.01. The van der Waals surface area contributed by atoms with Crippen LogP contribution in [-0.2, 0) is 0 Å². The summed E-state index contributed by atoms with van der Waals surface area (Å²) < 4.78 is 0. The third-order valence-corrected chi connectivity index (χ3v) is 3.90. The van der Waals surface area contributed by atoms with Gasteiger partial charge in [0.1, 0.15) is 5.82 Å². The van der Waals surface area contributed by atoms with E-state index < -0.39 is 0 Å². The van der Waals surface area contributed by atoms with E-state index in [0.717, 1.165) is 22.4 Å². The molecule has 4 rings (SSSR count). The Balaban J connectivity index is 1.73. The fourth-order valence-electron chi connectivity index (χ4n) is 2.71. The highest BCUT2D eigenvalue weighted by atomic mass is 14.9. The van der Waals surface area contributed by atoms with E-state index in [1.165, 1.54) is 16.7 Å². The molecular weight excluding hydrogens is 268 g/mol. The van der Waals surface area contributed by atoms with Crippen LogP contribution >= 0.6 is 0 Å². The van der Waals surface area contributed by atoms with Crippen LogP contribution in [0.2, 0.25) is 0 Å². The molecule has 0 radical (unpaired) electrons. The second kappa shape index (κ2) is 5.15. The van der Waals surface area contributed by atoms with Gasteiger partial charge in [-0.15, -0.1) is 0 Å². The van der Waals surface area contributed by atoms with Gasteiger partial charge < -0.3 is 4.98 Å². The molecule has 1 N–H and O–H groups in total. The van der Waals surface area contributed by atoms with Crippen molar-refractivity contribution < 1.29 is 0 Å². The zero-order valence-electron chi connectivity index (χ0n) is 12.4. The molecule has 0 atom stereocenters. The van der Waals surface area contributed by atoms with Gasteiger partial charge in [-0.1, -0.05) is 60.7 Å². The molecule has 0 saturated heterocycles. The summed E-state index contributed by atoms with van der Waals surface area (Å²) >= 11 is 0. The molecule has 0 amide bonds. The molecule has 4 aromatic rings. The largest absolute Gasteiger partial charge is 0.338 e. The molecule has 0 bridgehead atoms. The topological polar surface area (TPSA) is 28.7 Å². The van der Waals surface area contributed by atoms with Gasteiger partial charge in [0.05, 0.1) is 11.0 Å². The first-order valence-electron chi connectivity index (χ1n) is 7.42. The Bertz CT molecular complexity index is 919. The molecule has 0 fully saturated rings. The summed E-state index contributed by atoms with van der Waals surface area (Å²) in [5, 5.41) is 0. The monoisotopic (exact) mass is 284 g/mol. The number of H-pyrrole nitrogens is 1. The highest BCUT2D eigenvalue weighted by molar-refractivity contribution is 5.80. The molecule has 0 spiro atoms. The lowest BCUT2D eigenvalue weighted by Gasteiger charge is -2.02. The van der Waals surface area contributed by atoms with Crippen LogP contribution in [0.25, 0.3) is 33.5 Å². The first-order valence-corrected chi connectivity index (χ1v) is 7.42. The molecule has 0 unspecified atom stereocenters. The maximum atomic E-state index is 4.67. The highest BCUT2D eigenvalue weighted by Gasteiger charge is 2.05. The number of rotatable bonds is 2. The number of hydrogen-bond acceptors (Lipinski definition) is 1. The molecule has 0 aliphatic carbocycles. The molecule has 1 aromatic heterocycles. The third kappa shape index (κ3) is 2.29. The Hall–Kier alpha value is -2.87. The molecule has 2 heteroatoms. The number of aromatic nitrogens is 2. The minimum Gasteiger partial charge on any atom is -0.338 e. The Morgan fingerprint density at radius 1 is 0.727 bits per heavy atom. The molecule has 106 valence electrons. The van der Waals surface area contributed by atoms with E-state index >= 15 is 0 Å². The fraction of sp³-hybridized carbons (Fsp3) is 0.0500. The van der Waals surface area contributed by atoms with Crippen molar-refractivity contribution >= 4 is 11.0 Å². The van der Waals surface area contributed by atoms with Crippen LogP contribution < -0.4 is 0 Å². The van der Waals surface area contributed by atoms with Crippen LogP contribution in [0.4, 0.5) is 0 Å². The molecule has 1 heterocycles. The lowest BCUT2D eigenvalue weighted by atomic mass is 10.0. The molecule has 0 saturated carbocycles. The summed E-state index contributed by atoms with van der Waals surface area (Å²) in [7, 11) is 0. The van der Waals surface area contributed by atoms with Gasteiger partial charge in [0.15, 0.2) is 0 Å². The van der Waals surface area contributed by atoms with E-state index in [0.29, 0.717) is 0 Å². The summed E-state index contributed by atoms with van der Waals surface area (Å²) in [4.78, 5) is 8.07. The summed E-state index contributed by atoms with van der Waals surface area (Å²) in [5.41, 5.74) is 6.89. The van der Waals surface area contributed by atoms with Crippen molar-refractivity contribution in [2.24, 2.45) is 0 Å². The zero-order valence-corrected chi connectivity index (χ0v) is 12.4. The smallest absolute Gasteiger partial charge is 0.138 e. The van der Waals surface area contributed by atoms with Crippen LogP contribution in [0.5, 0.6) is 0 Å². The Morgan fingerprint density at radius 3 is 2.18 bits per heavy atom. The minimum atomic E-state index is 0.917. The van der Waals surface area contributed by atoms with Crippen LogP contribution in [-0.4, -0.2) is 9.97 Å². The van der Waals surface area contributed by atoms with Crippen molar-refractivity contribution in [1.29, 1.82) is 0 Å². The average molecular weight is 284 g/mol. The number of fused-ring (bicyclic) bond motifs is 1. The Labute approximate surface area is 129 Å². The number of aryl methyl sites for hydroxylation is 1. The van der Waals surface area contributed by atoms with E-state index in [9.17, 15) is 0 Å². The van der Waals surface area contributed by atoms with Gasteiger partial charge in [0.2, 0.25) is 0 Å². The maximum absolute atomic E-state index is 4.67. The second-order valence-electron chi connectivity index (χ2n) is 5.55. The zero-order chi connectivity index (χ0) is 14.9. The van der Waals surface area contributed by atoms with Crippen LogP contribution in [0.3, 0.4) is 0 Å². The van der Waals surface area contributed by atoms with Crippen molar-refractivity contribution in [3.63, 3.8) is 0 Å². The van der Waals surface area contributed by atoms with Crippen LogP contribution in [0, 0.1) is 6.92 Å². The molecule has 22 heavy (non-hydrogen) atoms. The van der Waals surface area contributed by atoms with E-state index in [2.05, 4.69) is 83.6 Å². The van der Waals surface area contributed by atoms with Crippen molar-refractivity contribution in [2.75, 3.05) is 0 Å². The standard InChI is InChI=1S/C20H16N2/c1-14-7-12-18-19(13-14)22-20(21-18)17-10-8-16(9-11-17)15-5-3-2-4-6-15/h2-13H,1H3,(H,21,22). The normalized spacial score (nSPS) is 11.0. The lowest BCUT2D eigenvalue weighted by molar-refractivity contribution is 1.34. The van der Waals surface area contributed by atoms with Crippen LogP contribution in [0.15, 0.2) is 72.8 Å². The number of nitrogens with zero attached hydrogens (tertiary/aromatic N) is 1. The lowest BCUT2D eigenvalue weighted by Crippen LogP contribution is -1.81. The van der Waals surface area contributed by atoms with Gasteiger partial charge in [-0.25, -0.2) is 4.98 Å². The first kappa shape index (κ1) is 12.8. The summed E-state index contributed by atoms with van der Waals surface area (Å²) in [6, 6.07) is 25.2. The highest BCUT2D eigenvalue weighted by Crippen LogP contribution is 2.25. The van der Waals surface area contributed by atoms with E-state index in [-0.39, 0.29) is 0 Å². The van der Waals surface area contributed by atoms with Crippen LogP contribution in [0.1, 0.15) is 5.56 Å². The van der Waals surface area contributed by atoms with Crippen molar-refractivity contribution in [3.05, 3.63) is 78.4 Å². The van der Waals surface area contributed by atoms with Crippen molar-refractivity contribution in [1.82, 2.24) is 9.97 Å². The summed E-state index contributed by atoms with van der Waals surface area (Å²) in [6.45, 7) is 2.09. The number of benzene rings is 3. The predicted octanol–water partition coefficient (Wildman–Crippen LogP) is 5.21. The van der Waals surface area contributed by atoms with E-state index in [1.54, 1.807) is 0 Å². The van der Waals surface area contributed by atoms with Crippen molar-refractivity contribution in [2.45, 2.75) is 6.92 Å². The Morgan fingerprint density at radius 2 is 1.41 bits per heavy atom. The molecule has 2 nitrogen and oxygen atoms in total. The first-order chi connectivity index (χ1) is 10.8. The average Bonchev–Trinajstić information content (AvgIpc) is 2.99. The van der Waals surface area contributed by atoms with Crippen molar-refractivity contribution in [3.8, 4) is 22.5 Å². The van der Waals surface area contributed by atoms with Gasteiger partial charge in [-0.05, 0) is 35.7 Å². The number of aromatic amines is 1.